The first-order chi connectivity index (χ1) is 14.3. The molecule has 2 N–H and O–H groups in total. The monoisotopic (exact) mass is 449 g/mol. The van der Waals surface area contributed by atoms with Gasteiger partial charge in [-0.2, -0.15) is 5.10 Å². The summed E-state index contributed by atoms with van der Waals surface area (Å²) in [5.74, 6) is -5.74. The van der Waals surface area contributed by atoms with Crippen LogP contribution in [0.15, 0.2) is 34.9 Å². The van der Waals surface area contributed by atoms with Gasteiger partial charge < -0.3 is 15.5 Å². The number of esters is 1. The van der Waals surface area contributed by atoms with Crippen LogP contribution >= 0.6 is 11.6 Å². The second kappa shape index (κ2) is 10.9. The second-order valence-corrected chi connectivity index (χ2v) is 8.62. The third-order valence-corrected chi connectivity index (χ3v) is 4.05. The second-order valence-electron chi connectivity index (χ2n) is 8.19. The number of allylic oxidation sites excluding steroid dienone is 2. The number of rotatable bonds is 8. The molecule has 0 saturated heterocycles. The predicted octanol–water partition coefficient (Wildman–Crippen LogP) is 3.22. The van der Waals surface area contributed by atoms with E-state index in [0.29, 0.717) is 21.8 Å². The molecular weight excluding hydrogens is 422 g/mol. The SMILES string of the molecule is COC(=O)/C(=N\NC(C)(C)C)[C@@H](C(=O)C=C(C)C)C(=O)C(=O)Nc1ccc(Cl)cc1C. The van der Waals surface area contributed by atoms with E-state index in [2.05, 4.69) is 15.8 Å². The van der Waals surface area contributed by atoms with Crippen molar-refractivity contribution >= 4 is 46.4 Å². The van der Waals surface area contributed by atoms with Gasteiger partial charge in [-0.05, 0) is 71.4 Å². The lowest BCUT2D eigenvalue weighted by Crippen LogP contribution is -2.44. The summed E-state index contributed by atoms with van der Waals surface area (Å²) in [4.78, 5) is 50.9. The fourth-order valence-electron chi connectivity index (χ4n) is 2.40. The number of nitrogens with one attached hydrogen (secondary N) is 2. The molecule has 31 heavy (non-hydrogen) atoms. The number of halogens is 1. The molecule has 0 radical (unpaired) electrons. The molecule has 8 nitrogen and oxygen atoms in total. The number of ketones is 2. The molecule has 0 spiro atoms. The van der Waals surface area contributed by atoms with Crippen molar-refractivity contribution in [2.24, 2.45) is 11.0 Å². The van der Waals surface area contributed by atoms with Crippen molar-refractivity contribution in [2.75, 3.05) is 12.4 Å². The van der Waals surface area contributed by atoms with E-state index in [4.69, 9.17) is 16.3 Å². The molecule has 1 aromatic rings. The number of Topliss-reactive ketones (excluding diaryl/α,β-unsaturated/α-hetero) is 1. The van der Waals surface area contributed by atoms with Crippen LogP contribution in [0.4, 0.5) is 5.69 Å². The molecule has 0 aliphatic carbocycles. The summed E-state index contributed by atoms with van der Waals surface area (Å²) in [7, 11) is 1.10. The molecule has 1 aromatic carbocycles. The van der Waals surface area contributed by atoms with Gasteiger partial charge in [0, 0.05) is 16.2 Å². The minimum atomic E-state index is -1.77. The van der Waals surface area contributed by atoms with Gasteiger partial charge in [-0.3, -0.25) is 14.4 Å². The molecular formula is C22H28ClN3O5. The van der Waals surface area contributed by atoms with Gasteiger partial charge in [0.05, 0.1) is 7.11 Å². The first-order valence-corrected chi connectivity index (χ1v) is 9.87. The molecule has 0 bridgehead atoms. The first kappa shape index (κ1) is 26.0. The summed E-state index contributed by atoms with van der Waals surface area (Å²) in [5.41, 5.74) is 3.18. The summed E-state index contributed by atoms with van der Waals surface area (Å²) in [6, 6.07) is 4.70. The van der Waals surface area contributed by atoms with E-state index in [-0.39, 0.29) is 0 Å². The van der Waals surface area contributed by atoms with Crippen molar-refractivity contribution in [3.63, 3.8) is 0 Å². The number of aryl methyl sites for hydroxylation is 1. The van der Waals surface area contributed by atoms with Gasteiger partial charge in [0.1, 0.15) is 5.92 Å². The number of amides is 1. The van der Waals surface area contributed by atoms with Crippen molar-refractivity contribution in [1.29, 1.82) is 0 Å². The Labute approximate surface area is 187 Å². The van der Waals surface area contributed by atoms with Crippen LogP contribution in [0.25, 0.3) is 0 Å². The van der Waals surface area contributed by atoms with Gasteiger partial charge in [0.25, 0.3) is 5.91 Å². The smallest absolute Gasteiger partial charge is 0.355 e. The topological polar surface area (TPSA) is 114 Å². The van der Waals surface area contributed by atoms with Gasteiger partial charge in [0.15, 0.2) is 11.5 Å². The highest BCUT2D eigenvalue weighted by molar-refractivity contribution is 6.56. The van der Waals surface area contributed by atoms with Crippen LogP contribution in [0.1, 0.15) is 40.2 Å². The number of hydrogen-bond acceptors (Lipinski definition) is 7. The Morgan fingerprint density at radius 2 is 1.77 bits per heavy atom. The van der Waals surface area contributed by atoms with E-state index >= 15 is 0 Å². The number of nitrogens with zero attached hydrogens (tertiary/aromatic N) is 1. The molecule has 1 rings (SSSR count). The van der Waals surface area contributed by atoms with Crippen molar-refractivity contribution in [3.05, 3.63) is 40.4 Å². The number of anilines is 1. The maximum atomic E-state index is 13.0. The number of hydrazone groups is 1. The number of hydrogen-bond donors (Lipinski definition) is 2. The lowest BCUT2D eigenvalue weighted by molar-refractivity contribution is -0.140. The van der Waals surface area contributed by atoms with Crippen LogP contribution in [0.3, 0.4) is 0 Å². The third kappa shape index (κ3) is 7.97. The number of carbonyl (C=O) groups excluding carboxylic acids is 4. The van der Waals surface area contributed by atoms with E-state index in [1.807, 2.05) is 0 Å². The molecule has 0 aliphatic rings. The van der Waals surface area contributed by atoms with Crippen molar-refractivity contribution in [2.45, 2.75) is 47.1 Å². The Morgan fingerprint density at radius 1 is 1.16 bits per heavy atom. The molecule has 0 unspecified atom stereocenters. The van der Waals surface area contributed by atoms with Gasteiger partial charge in [-0.25, -0.2) is 4.79 Å². The maximum absolute atomic E-state index is 13.0. The van der Waals surface area contributed by atoms with Crippen LogP contribution in [0, 0.1) is 12.8 Å². The molecule has 0 aromatic heterocycles. The zero-order valence-corrected chi connectivity index (χ0v) is 19.5. The zero-order valence-electron chi connectivity index (χ0n) is 18.8. The van der Waals surface area contributed by atoms with Crippen LogP contribution in [-0.4, -0.2) is 41.8 Å². The van der Waals surface area contributed by atoms with Crippen LogP contribution < -0.4 is 10.7 Å². The van der Waals surface area contributed by atoms with Gasteiger partial charge >= 0.3 is 5.97 Å². The molecule has 0 saturated carbocycles. The standard InChI is InChI=1S/C22H28ClN3O5/c1-12(2)10-16(27)17(18(21(30)31-7)25-26-22(4,5)6)19(28)20(29)24-15-9-8-14(23)11-13(15)3/h8-11,17,26H,1-7H3,(H,24,29)/b25-18-/t17-/m1/s1. The number of methoxy groups -OCH3 is 1. The average Bonchev–Trinajstić information content (AvgIpc) is 2.64. The van der Waals surface area contributed by atoms with E-state index in [9.17, 15) is 19.2 Å². The number of benzene rings is 1. The van der Waals surface area contributed by atoms with Gasteiger partial charge in [-0.15, -0.1) is 0 Å². The maximum Gasteiger partial charge on any atom is 0.355 e. The van der Waals surface area contributed by atoms with Gasteiger partial charge in [-0.1, -0.05) is 17.2 Å². The highest BCUT2D eigenvalue weighted by Crippen LogP contribution is 2.20. The molecule has 1 atom stereocenters. The van der Waals surface area contributed by atoms with Crippen LogP contribution in [-0.2, 0) is 23.9 Å². The third-order valence-electron chi connectivity index (χ3n) is 3.82. The number of ether oxygens (including phenoxy) is 1. The summed E-state index contributed by atoms with van der Waals surface area (Å²) in [6.07, 6.45) is 1.18. The molecule has 0 aliphatic heterocycles. The molecule has 1 amide bonds. The zero-order chi connectivity index (χ0) is 23.9. The quantitative estimate of drug-likeness (QED) is 0.157. The fourth-order valence-corrected chi connectivity index (χ4v) is 2.63. The fraction of sp³-hybridized carbons (Fsp3) is 0.409. The Balaban J connectivity index is 3.42. The van der Waals surface area contributed by atoms with Crippen molar-refractivity contribution in [1.82, 2.24) is 5.43 Å². The van der Waals surface area contributed by atoms with Crippen molar-refractivity contribution in [3.8, 4) is 0 Å². The Hall–Kier alpha value is -3.00. The predicted molar refractivity (Wildman–Crippen MR) is 120 cm³/mol. The largest absolute Gasteiger partial charge is 0.464 e. The van der Waals surface area contributed by atoms with E-state index in [0.717, 1.165) is 7.11 Å². The average molecular weight is 450 g/mol. The normalized spacial score (nSPS) is 12.5. The Kier molecular flexibility index (Phi) is 9.12. The molecule has 9 heteroatoms. The molecule has 0 fully saturated rings. The first-order valence-electron chi connectivity index (χ1n) is 9.50. The minimum Gasteiger partial charge on any atom is -0.464 e. The molecule has 168 valence electrons. The van der Waals surface area contributed by atoms with E-state index < -0.39 is 40.6 Å². The van der Waals surface area contributed by atoms with E-state index in [1.165, 1.54) is 12.1 Å². The summed E-state index contributed by atoms with van der Waals surface area (Å²) in [5, 5.41) is 6.88. The van der Waals surface area contributed by atoms with Crippen molar-refractivity contribution < 1.29 is 23.9 Å². The van der Waals surface area contributed by atoms with E-state index in [1.54, 1.807) is 53.7 Å². The summed E-state index contributed by atoms with van der Waals surface area (Å²) in [6.45, 7) is 10.3. The van der Waals surface area contributed by atoms with Crippen LogP contribution in [0.5, 0.6) is 0 Å². The molecule has 0 heterocycles. The highest BCUT2D eigenvalue weighted by atomic mass is 35.5. The lowest BCUT2D eigenvalue weighted by Gasteiger charge is -2.20. The number of carbonyl (C=O) groups is 4. The highest BCUT2D eigenvalue weighted by Gasteiger charge is 2.39. The minimum absolute atomic E-state index is 0.348. The van der Waals surface area contributed by atoms with Crippen LogP contribution in [0.2, 0.25) is 5.02 Å². The lowest BCUT2D eigenvalue weighted by atomic mass is 9.91. The summed E-state index contributed by atoms with van der Waals surface area (Å²) >= 11 is 5.92. The van der Waals surface area contributed by atoms with Gasteiger partial charge in [0.2, 0.25) is 5.78 Å². The Morgan fingerprint density at radius 3 is 2.26 bits per heavy atom. The Bertz CT molecular complexity index is 941. The summed E-state index contributed by atoms with van der Waals surface area (Å²) < 4.78 is 4.71.